The first-order valence-corrected chi connectivity index (χ1v) is 11.5. The highest BCUT2D eigenvalue weighted by atomic mass is 35.5. The summed E-state index contributed by atoms with van der Waals surface area (Å²) in [5.74, 6) is 0. The van der Waals surface area contributed by atoms with Gasteiger partial charge >= 0.3 is 0 Å². The Balaban J connectivity index is 1.68. The molecule has 0 aliphatic carbocycles. The average molecular weight is 441 g/mol. The van der Waals surface area contributed by atoms with Gasteiger partial charge in [0.2, 0.25) is 0 Å². The van der Waals surface area contributed by atoms with E-state index in [1.807, 2.05) is 6.07 Å². The van der Waals surface area contributed by atoms with E-state index in [0.29, 0.717) is 0 Å². The summed E-state index contributed by atoms with van der Waals surface area (Å²) in [7, 11) is 0. The van der Waals surface area contributed by atoms with Crippen LogP contribution in [0.3, 0.4) is 0 Å². The average Bonchev–Trinajstić information content (AvgIpc) is 3.48. The summed E-state index contributed by atoms with van der Waals surface area (Å²) in [4.78, 5) is 0. The van der Waals surface area contributed by atoms with Crippen LogP contribution >= 0.6 is 11.6 Å². The van der Waals surface area contributed by atoms with Gasteiger partial charge in [-0.2, -0.15) is 0 Å². The van der Waals surface area contributed by atoms with Crippen molar-refractivity contribution < 1.29 is 0 Å². The van der Waals surface area contributed by atoms with Crippen molar-refractivity contribution in [3.05, 3.63) is 108 Å². The standard InChI is InChI=1S/C30H17ClN2/c31-18-13-14-25-23(17-18)20-10-6-11-22-29-27(33(25)30(20)22)16-15-26-28(29)21-9-4-5-12-24(21)32(26)19-7-2-1-3-8-19/h1-17H. The van der Waals surface area contributed by atoms with Crippen molar-refractivity contribution in [2.24, 2.45) is 0 Å². The third-order valence-electron chi connectivity index (χ3n) is 7.09. The SMILES string of the molecule is Clc1ccc2c(c1)c1cccc3c4c5c6ccccc6n(-c6ccccc6)c5ccc4n2c13. The van der Waals surface area contributed by atoms with Crippen LogP contribution in [0.15, 0.2) is 103 Å². The minimum absolute atomic E-state index is 0.772. The Kier molecular flexibility index (Phi) is 3.22. The van der Waals surface area contributed by atoms with Gasteiger partial charge in [-0.3, -0.25) is 0 Å². The number of hydrogen-bond acceptors (Lipinski definition) is 0. The van der Waals surface area contributed by atoms with Gasteiger partial charge in [-0.05, 0) is 48.5 Å². The highest BCUT2D eigenvalue weighted by molar-refractivity contribution is 6.34. The molecule has 154 valence electrons. The normalized spacial score (nSPS) is 12.4. The predicted molar refractivity (Wildman–Crippen MR) is 140 cm³/mol. The lowest BCUT2D eigenvalue weighted by Crippen LogP contribution is -1.92. The number of aromatic nitrogens is 2. The van der Waals surface area contributed by atoms with Gasteiger partial charge in [-0.1, -0.05) is 66.2 Å². The van der Waals surface area contributed by atoms with Gasteiger partial charge in [-0.25, -0.2) is 0 Å². The van der Waals surface area contributed by atoms with E-state index in [1.165, 1.54) is 65.6 Å². The molecule has 0 spiro atoms. The number of rotatable bonds is 1. The second kappa shape index (κ2) is 6.06. The van der Waals surface area contributed by atoms with Crippen LogP contribution in [0.25, 0.3) is 65.6 Å². The lowest BCUT2D eigenvalue weighted by Gasteiger charge is -2.07. The molecule has 0 amide bonds. The van der Waals surface area contributed by atoms with Gasteiger partial charge in [0.1, 0.15) is 0 Å². The molecule has 0 atom stereocenters. The van der Waals surface area contributed by atoms with Crippen molar-refractivity contribution in [3.63, 3.8) is 0 Å². The Morgan fingerprint density at radius 3 is 2.09 bits per heavy atom. The van der Waals surface area contributed by atoms with Crippen molar-refractivity contribution in [3.8, 4) is 5.69 Å². The molecule has 5 aromatic carbocycles. The molecule has 0 saturated heterocycles. The number of para-hydroxylation sites is 3. The first-order valence-electron chi connectivity index (χ1n) is 11.2. The zero-order valence-corrected chi connectivity index (χ0v) is 18.3. The lowest BCUT2D eigenvalue weighted by atomic mass is 10.0. The van der Waals surface area contributed by atoms with Gasteiger partial charge in [0.15, 0.2) is 0 Å². The molecule has 3 heteroatoms. The molecule has 0 aliphatic heterocycles. The summed E-state index contributed by atoms with van der Waals surface area (Å²) >= 11 is 6.38. The summed E-state index contributed by atoms with van der Waals surface area (Å²) in [5.41, 5.74) is 7.35. The molecule has 2 nitrogen and oxygen atoms in total. The number of benzene rings is 5. The topological polar surface area (TPSA) is 9.34 Å². The van der Waals surface area contributed by atoms with Gasteiger partial charge in [0, 0.05) is 43.0 Å². The van der Waals surface area contributed by atoms with E-state index in [0.717, 1.165) is 5.02 Å². The maximum absolute atomic E-state index is 6.38. The fourth-order valence-electron chi connectivity index (χ4n) is 5.86. The van der Waals surface area contributed by atoms with E-state index >= 15 is 0 Å². The summed E-state index contributed by atoms with van der Waals surface area (Å²) in [5, 5.41) is 8.42. The van der Waals surface area contributed by atoms with Crippen molar-refractivity contribution in [1.82, 2.24) is 8.97 Å². The van der Waals surface area contributed by atoms with Gasteiger partial charge in [-0.15, -0.1) is 0 Å². The van der Waals surface area contributed by atoms with Crippen molar-refractivity contribution >= 4 is 71.5 Å². The van der Waals surface area contributed by atoms with Crippen LogP contribution in [0.4, 0.5) is 0 Å². The highest BCUT2D eigenvalue weighted by Gasteiger charge is 2.22. The number of halogens is 1. The molecule has 3 aromatic heterocycles. The maximum atomic E-state index is 6.38. The quantitative estimate of drug-likeness (QED) is 0.242. The van der Waals surface area contributed by atoms with E-state index in [2.05, 4.69) is 106 Å². The Morgan fingerprint density at radius 2 is 1.18 bits per heavy atom. The van der Waals surface area contributed by atoms with Crippen molar-refractivity contribution in [2.45, 2.75) is 0 Å². The first kappa shape index (κ1) is 17.5. The minimum Gasteiger partial charge on any atom is -0.309 e. The number of hydrogen-bond donors (Lipinski definition) is 0. The van der Waals surface area contributed by atoms with Crippen LogP contribution in [0.2, 0.25) is 5.02 Å². The molecular weight excluding hydrogens is 424 g/mol. The van der Waals surface area contributed by atoms with Crippen LogP contribution in [0.1, 0.15) is 0 Å². The lowest BCUT2D eigenvalue weighted by molar-refractivity contribution is 1.18. The summed E-state index contributed by atoms with van der Waals surface area (Å²) in [6, 6.07) is 36.8. The Bertz CT molecular complexity index is 2030. The molecule has 33 heavy (non-hydrogen) atoms. The third kappa shape index (κ3) is 2.10. The fraction of sp³-hybridized carbons (Fsp3) is 0. The molecule has 8 aromatic rings. The van der Waals surface area contributed by atoms with Crippen LogP contribution in [0, 0.1) is 0 Å². The molecule has 0 radical (unpaired) electrons. The molecule has 0 fully saturated rings. The third-order valence-corrected chi connectivity index (χ3v) is 7.33. The molecule has 0 bridgehead atoms. The second-order valence-electron chi connectivity index (χ2n) is 8.74. The number of fused-ring (bicyclic) bond motifs is 10. The Morgan fingerprint density at radius 1 is 0.485 bits per heavy atom. The highest BCUT2D eigenvalue weighted by Crippen LogP contribution is 2.44. The fourth-order valence-corrected chi connectivity index (χ4v) is 6.03. The van der Waals surface area contributed by atoms with E-state index < -0.39 is 0 Å². The molecule has 3 heterocycles. The molecule has 0 aliphatic rings. The smallest absolute Gasteiger partial charge is 0.0620 e. The molecule has 0 unspecified atom stereocenters. The van der Waals surface area contributed by atoms with E-state index in [4.69, 9.17) is 11.6 Å². The van der Waals surface area contributed by atoms with Crippen LogP contribution in [-0.2, 0) is 0 Å². The van der Waals surface area contributed by atoms with E-state index in [1.54, 1.807) is 0 Å². The van der Waals surface area contributed by atoms with Gasteiger partial charge < -0.3 is 8.97 Å². The first-order chi connectivity index (χ1) is 16.3. The zero-order valence-electron chi connectivity index (χ0n) is 17.6. The minimum atomic E-state index is 0.772. The molecule has 0 N–H and O–H groups in total. The molecule has 8 rings (SSSR count). The monoisotopic (exact) mass is 440 g/mol. The van der Waals surface area contributed by atoms with Crippen LogP contribution in [0.5, 0.6) is 0 Å². The summed E-state index contributed by atoms with van der Waals surface area (Å²) < 4.78 is 4.80. The van der Waals surface area contributed by atoms with E-state index in [9.17, 15) is 0 Å². The molecular formula is C30H17ClN2. The zero-order chi connectivity index (χ0) is 21.7. The predicted octanol–water partition coefficient (Wildman–Crippen LogP) is 8.59. The summed E-state index contributed by atoms with van der Waals surface area (Å²) in [6.45, 7) is 0. The largest absolute Gasteiger partial charge is 0.309 e. The van der Waals surface area contributed by atoms with Crippen LogP contribution < -0.4 is 0 Å². The van der Waals surface area contributed by atoms with Gasteiger partial charge in [0.25, 0.3) is 0 Å². The van der Waals surface area contributed by atoms with E-state index in [-0.39, 0.29) is 0 Å². The number of nitrogens with zero attached hydrogens (tertiary/aromatic N) is 2. The van der Waals surface area contributed by atoms with Gasteiger partial charge in [0.05, 0.1) is 27.6 Å². The maximum Gasteiger partial charge on any atom is 0.0620 e. The van der Waals surface area contributed by atoms with Crippen LogP contribution in [-0.4, -0.2) is 8.97 Å². The van der Waals surface area contributed by atoms with Crippen molar-refractivity contribution in [2.75, 3.05) is 0 Å². The Labute approximate surface area is 194 Å². The Hall–Kier alpha value is -4.01. The van der Waals surface area contributed by atoms with Crippen molar-refractivity contribution in [1.29, 1.82) is 0 Å². The summed E-state index contributed by atoms with van der Waals surface area (Å²) in [6.07, 6.45) is 0. The molecule has 0 saturated carbocycles. The second-order valence-corrected chi connectivity index (χ2v) is 9.18.